The molecule has 28 nitrogen and oxygen atoms in total. The Labute approximate surface area is 683 Å². The number of benzene rings is 8. The normalized spacial score (nSPS) is 24.1. The number of amides is 8. The number of hydrogen-bond donors (Lipinski definition) is 8. The van der Waals surface area contributed by atoms with Crippen LogP contribution in [0.5, 0.6) is 0 Å². The van der Waals surface area contributed by atoms with Gasteiger partial charge in [-0.25, -0.2) is 0 Å². The summed E-state index contributed by atoms with van der Waals surface area (Å²) in [6.45, 7) is 0.281. The predicted octanol–water partition coefficient (Wildman–Crippen LogP) is 10.3. The molecule has 0 unspecified atom stereocenters. The van der Waals surface area contributed by atoms with Crippen molar-refractivity contribution in [2.75, 3.05) is 52.4 Å². The number of rotatable bonds is 40. The second-order valence-electron chi connectivity index (χ2n) is 28.5. The van der Waals surface area contributed by atoms with E-state index in [-0.39, 0.29) is 199 Å². The Bertz CT molecular complexity index is 3690. The van der Waals surface area contributed by atoms with Crippen LogP contribution in [0.3, 0.4) is 0 Å². The quantitative estimate of drug-likeness (QED) is 0.0131. The van der Waals surface area contributed by atoms with Gasteiger partial charge in [0.2, 0.25) is 0 Å². The largest absolute Gasteiger partial charge is 0.478 e. The fraction of sp³-hybridized carbons (Fsp3) is 0.300. The summed E-state index contributed by atoms with van der Waals surface area (Å²) in [6, 6.07) is 69.0. The zero-order chi connectivity index (χ0) is 80.6. The van der Waals surface area contributed by atoms with Crippen molar-refractivity contribution in [3.63, 3.8) is 0 Å². The minimum absolute atomic E-state index is 0.0351. The lowest BCUT2D eigenvalue weighted by Crippen LogP contribution is -2.88. The van der Waals surface area contributed by atoms with Gasteiger partial charge in [0.25, 0.3) is 47.3 Å². The van der Waals surface area contributed by atoms with Gasteiger partial charge < -0.3 is 91.9 Å². The van der Waals surface area contributed by atoms with E-state index in [2.05, 4.69) is 42.5 Å². The molecular formula is C80H96N8O20Si8. The van der Waals surface area contributed by atoms with Crippen LogP contribution >= 0.6 is 0 Å². The first-order chi connectivity index (χ1) is 56.4. The Morgan fingerprint density at radius 2 is 0.259 bits per heavy atom. The Morgan fingerprint density at radius 1 is 0.164 bits per heavy atom. The monoisotopic (exact) mass is 1710 g/mol. The number of hydrogen-bond acceptors (Lipinski definition) is 20. The molecule has 6 fully saturated rings. The van der Waals surface area contributed by atoms with Gasteiger partial charge in [-0.15, -0.1) is 0 Å². The number of carbonyl (C=O) groups excluding carboxylic acids is 8. The van der Waals surface area contributed by atoms with Crippen molar-refractivity contribution in [1.29, 1.82) is 0 Å². The van der Waals surface area contributed by atoms with E-state index >= 15 is 0 Å². The van der Waals surface area contributed by atoms with Gasteiger partial charge in [-0.2, -0.15) is 0 Å². The highest BCUT2D eigenvalue weighted by Crippen LogP contribution is 2.55. The summed E-state index contributed by atoms with van der Waals surface area (Å²) in [5.74, 6) is -2.87. The van der Waals surface area contributed by atoms with Gasteiger partial charge in [-0.05, 0) is 148 Å². The van der Waals surface area contributed by atoms with E-state index in [1.165, 1.54) is 0 Å². The van der Waals surface area contributed by atoms with Gasteiger partial charge in [0.1, 0.15) is 0 Å². The standard InChI is InChI=1S/C80H96N8O20Si8/c89-73(65-33-9-1-10-34-65)81-49-25-57-109-97-110(58-26-50-82-74(90)66-35-11-2-12-36-66)100-113(61-29-53-85-77(93)69-41-17-5-18-42-69)102-111(98-109,59-27-51-83-75(91)67-37-13-3-14-38-67)104-115(63-31-55-87-79(95)71-45-21-7-22-46-71)105-112(99-109,60-28-52-84-76(92)68-39-15-4-16-40-68)103-114(101-110,62-30-54-86-78(94)70-43-19-6-20-44-70)107-116(106-113,108-115)64-32-56-88-80(96)72-47-23-8-24-48-72/h1-24,33-48H,25-32,49-64H2,(H,81,89)(H,82,90)(H,83,91)(H,84,92)(H,85,93)(H,86,94)(H,87,95)(H,88,96). The van der Waals surface area contributed by atoms with Crippen molar-refractivity contribution >= 4 is 118 Å². The van der Waals surface area contributed by atoms with Crippen LogP contribution in [0.1, 0.15) is 134 Å². The first-order valence-corrected chi connectivity index (χ1v) is 54.9. The third-order valence-corrected chi connectivity index (χ3v) is 57.2. The third-order valence-electron chi connectivity index (χ3n) is 19.6. The summed E-state index contributed by atoms with van der Waals surface area (Å²) in [6.07, 6.45) is 0.849. The van der Waals surface area contributed by atoms with E-state index in [9.17, 15) is 38.4 Å². The Morgan fingerprint density at radius 3 is 0.353 bits per heavy atom. The van der Waals surface area contributed by atoms with Crippen LogP contribution < -0.4 is 42.5 Å². The molecule has 8 bridgehead atoms. The van der Waals surface area contributed by atoms with E-state index in [1.54, 1.807) is 194 Å². The van der Waals surface area contributed by atoms with Crippen LogP contribution in [-0.4, -0.2) is 170 Å². The molecule has 8 aromatic carbocycles. The number of nitrogens with one attached hydrogen (secondary N) is 8. The molecule has 608 valence electrons. The second-order valence-corrected chi connectivity index (χ2v) is 53.2. The van der Waals surface area contributed by atoms with E-state index in [0.717, 1.165) is 0 Å². The summed E-state index contributed by atoms with van der Waals surface area (Å²) in [7, 11) is -39.7. The molecule has 0 aromatic heterocycles. The maximum atomic E-state index is 14.1. The zero-order valence-electron chi connectivity index (χ0n) is 64.2. The lowest BCUT2D eigenvalue weighted by Gasteiger charge is -2.63. The lowest BCUT2D eigenvalue weighted by molar-refractivity contribution is -0.0316. The van der Waals surface area contributed by atoms with E-state index in [4.69, 9.17) is 49.4 Å². The maximum Gasteiger partial charge on any atom is 0.478 e. The summed E-state index contributed by atoms with van der Waals surface area (Å²) in [5.41, 5.74) is 3.29. The van der Waals surface area contributed by atoms with Gasteiger partial charge in [0, 0.05) is 145 Å². The van der Waals surface area contributed by atoms with Crippen molar-refractivity contribution in [2.24, 2.45) is 0 Å². The van der Waals surface area contributed by atoms with Crippen LogP contribution in [0.15, 0.2) is 243 Å². The zero-order valence-corrected chi connectivity index (χ0v) is 72.2. The summed E-state index contributed by atoms with van der Waals surface area (Å²) >= 11 is 0. The van der Waals surface area contributed by atoms with E-state index < -0.39 is 70.4 Å². The first-order valence-electron chi connectivity index (χ1n) is 39.5. The fourth-order valence-corrected chi connectivity index (χ4v) is 64.6. The highest BCUT2D eigenvalue weighted by molar-refractivity contribution is 7.03. The van der Waals surface area contributed by atoms with Crippen molar-refractivity contribution in [3.8, 4) is 0 Å². The average Bonchev–Trinajstić information content (AvgIpc) is 0.686. The molecule has 8 N–H and O–H groups in total. The third kappa shape index (κ3) is 22.7. The molecular weight excluding hydrogens is 1620 g/mol. The summed E-state index contributed by atoms with van der Waals surface area (Å²) < 4.78 is 97.9. The molecule has 0 radical (unpaired) electrons. The summed E-state index contributed by atoms with van der Waals surface area (Å²) in [5, 5.41) is 24.6. The Kier molecular flexibility index (Phi) is 29.1. The molecule has 6 heterocycles. The maximum absolute atomic E-state index is 14.1. The lowest BCUT2D eigenvalue weighted by atomic mass is 10.2. The molecule has 14 rings (SSSR count). The van der Waals surface area contributed by atoms with Gasteiger partial charge >= 0.3 is 70.4 Å². The fourth-order valence-electron chi connectivity index (χ4n) is 14.2. The molecule has 116 heavy (non-hydrogen) atoms. The van der Waals surface area contributed by atoms with Crippen molar-refractivity contribution in [2.45, 2.75) is 99.7 Å². The minimum atomic E-state index is -4.96. The first kappa shape index (κ1) is 84.7. The Balaban J connectivity index is 0.994. The predicted molar refractivity (Wildman–Crippen MR) is 445 cm³/mol. The van der Waals surface area contributed by atoms with Gasteiger partial charge in [0.05, 0.1) is 0 Å². The second kappa shape index (κ2) is 39.8. The number of carbonyl (C=O) groups is 8. The van der Waals surface area contributed by atoms with Gasteiger partial charge in [0.15, 0.2) is 0 Å². The molecule has 0 aliphatic carbocycles. The topological polar surface area (TPSA) is 344 Å². The van der Waals surface area contributed by atoms with Crippen molar-refractivity contribution < 1.29 is 87.7 Å². The highest BCUT2D eigenvalue weighted by atomic mass is 28.6. The summed E-state index contributed by atoms with van der Waals surface area (Å²) in [4.78, 5) is 113. The van der Waals surface area contributed by atoms with Crippen molar-refractivity contribution in [1.82, 2.24) is 42.5 Å². The smallest absolute Gasteiger partial charge is 0.373 e. The SMILES string of the molecule is O=C(NCCC[Si]12O[Si]3(CCCNC(=O)c4ccccc4)O[Si]4(CCCNC(=O)c5ccccc5)O[Si](CCCNC(=O)c5ccccc5)(O1)O[Si]1(CCCNC(=O)c5ccccc5)O[Si](CCCNC(=O)c5ccccc5)(O2)O[Si](CCCNC(=O)c2ccccc2)(O3)O[Si](CCCNC(=O)c2ccccc2)(O4)O1)c1ccccc1. The van der Waals surface area contributed by atoms with E-state index in [0.29, 0.717) is 44.5 Å². The minimum Gasteiger partial charge on any atom is -0.373 e. The van der Waals surface area contributed by atoms with Gasteiger partial charge in [-0.3, -0.25) is 38.4 Å². The molecule has 0 atom stereocenters. The molecule has 6 aliphatic rings. The van der Waals surface area contributed by atoms with Crippen molar-refractivity contribution in [3.05, 3.63) is 287 Å². The molecule has 6 saturated heterocycles. The average molecular weight is 1710 g/mol. The molecule has 8 aromatic rings. The van der Waals surface area contributed by atoms with Crippen LogP contribution in [0.4, 0.5) is 0 Å². The van der Waals surface area contributed by atoms with Crippen LogP contribution in [-0.2, 0) is 49.4 Å². The van der Waals surface area contributed by atoms with Crippen LogP contribution in [0.25, 0.3) is 0 Å². The van der Waals surface area contributed by atoms with Crippen LogP contribution in [0.2, 0.25) is 48.4 Å². The molecule has 0 saturated carbocycles. The Hall–Kier alpha value is -9.22. The van der Waals surface area contributed by atoms with E-state index in [1.807, 2.05) is 48.5 Å². The molecule has 6 aliphatic heterocycles. The van der Waals surface area contributed by atoms with Gasteiger partial charge in [-0.1, -0.05) is 146 Å². The molecule has 36 heteroatoms. The molecule has 8 amide bonds. The molecule has 0 spiro atoms. The highest BCUT2D eigenvalue weighted by Gasteiger charge is 2.83. The van der Waals surface area contributed by atoms with Crippen LogP contribution in [0, 0.1) is 0 Å².